The van der Waals surface area contributed by atoms with Crippen LogP contribution in [-0.4, -0.2) is 45.4 Å². The summed E-state index contributed by atoms with van der Waals surface area (Å²) >= 11 is 1.48. The third-order valence-electron chi connectivity index (χ3n) is 3.93. The van der Waals surface area contributed by atoms with E-state index in [-0.39, 0.29) is 11.3 Å². The minimum absolute atomic E-state index is 0.0595. The molecule has 8 nitrogen and oxygen atoms in total. The first-order chi connectivity index (χ1) is 13.9. The van der Waals surface area contributed by atoms with Gasteiger partial charge < -0.3 is 4.74 Å². The Morgan fingerprint density at radius 1 is 1.03 bits per heavy atom. The van der Waals surface area contributed by atoms with Crippen LogP contribution >= 0.6 is 11.8 Å². The SMILES string of the molecule is COc1ccc(C(=O)NNC(=O)[C@@H](CCSC)NS(=O)(=O)c2ccccc2)cc1. The Morgan fingerprint density at radius 3 is 2.28 bits per heavy atom. The molecular weight excluding hydrogens is 414 g/mol. The zero-order valence-electron chi connectivity index (χ0n) is 16.0. The van der Waals surface area contributed by atoms with Crippen LogP contribution in [0.3, 0.4) is 0 Å². The maximum Gasteiger partial charge on any atom is 0.269 e. The van der Waals surface area contributed by atoms with Crippen LogP contribution in [0.15, 0.2) is 59.5 Å². The largest absolute Gasteiger partial charge is 0.497 e. The van der Waals surface area contributed by atoms with E-state index in [9.17, 15) is 18.0 Å². The standard InChI is InChI=1S/C19H23N3O5S2/c1-27-15-10-8-14(9-11-15)18(23)20-21-19(24)17(12-13-28-2)22-29(25,26)16-6-4-3-5-7-16/h3-11,17,22H,12-13H2,1-2H3,(H,20,23)(H,21,24)/t17-/m1/s1. The van der Waals surface area contributed by atoms with Gasteiger partial charge >= 0.3 is 0 Å². The van der Waals surface area contributed by atoms with Crippen molar-refractivity contribution in [3.8, 4) is 5.75 Å². The van der Waals surface area contributed by atoms with Crippen LogP contribution in [0.5, 0.6) is 5.75 Å². The molecule has 1 atom stereocenters. The lowest BCUT2D eigenvalue weighted by atomic mass is 10.2. The van der Waals surface area contributed by atoms with E-state index in [1.165, 1.54) is 31.0 Å². The van der Waals surface area contributed by atoms with Gasteiger partial charge in [0.1, 0.15) is 11.8 Å². The van der Waals surface area contributed by atoms with Crippen molar-refractivity contribution >= 4 is 33.6 Å². The molecule has 29 heavy (non-hydrogen) atoms. The molecule has 0 aliphatic heterocycles. The number of carbonyl (C=O) groups is 2. The summed E-state index contributed by atoms with van der Waals surface area (Å²) in [6, 6.07) is 13.1. The van der Waals surface area contributed by atoms with Crippen molar-refractivity contribution in [1.82, 2.24) is 15.6 Å². The zero-order valence-corrected chi connectivity index (χ0v) is 17.7. The Morgan fingerprint density at radius 2 is 1.69 bits per heavy atom. The Balaban J connectivity index is 2.03. The number of benzene rings is 2. The van der Waals surface area contributed by atoms with E-state index in [4.69, 9.17) is 4.74 Å². The van der Waals surface area contributed by atoms with Crippen molar-refractivity contribution in [2.24, 2.45) is 0 Å². The van der Waals surface area contributed by atoms with E-state index in [1.807, 2.05) is 6.26 Å². The van der Waals surface area contributed by atoms with Gasteiger partial charge in [-0.25, -0.2) is 8.42 Å². The van der Waals surface area contributed by atoms with Gasteiger partial charge in [0.15, 0.2) is 0 Å². The highest BCUT2D eigenvalue weighted by Gasteiger charge is 2.25. The van der Waals surface area contributed by atoms with E-state index in [1.54, 1.807) is 42.5 Å². The van der Waals surface area contributed by atoms with Crippen LogP contribution in [-0.2, 0) is 14.8 Å². The summed E-state index contributed by atoms with van der Waals surface area (Å²) in [6.45, 7) is 0. The quantitative estimate of drug-likeness (QED) is 0.513. The molecule has 0 aliphatic rings. The third-order valence-corrected chi connectivity index (χ3v) is 6.06. The molecule has 0 saturated carbocycles. The summed E-state index contributed by atoms with van der Waals surface area (Å²) in [4.78, 5) is 24.8. The molecule has 0 aliphatic carbocycles. The molecule has 2 rings (SSSR count). The summed E-state index contributed by atoms with van der Waals surface area (Å²) < 4.78 is 32.5. The van der Waals surface area contributed by atoms with Crippen molar-refractivity contribution in [3.63, 3.8) is 0 Å². The maximum absolute atomic E-state index is 12.5. The van der Waals surface area contributed by atoms with Gasteiger partial charge in [-0.3, -0.25) is 20.4 Å². The highest BCUT2D eigenvalue weighted by Crippen LogP contribution is 2.12. The smallest absolute Gasteiger partial charge is 0.269 e. The van der Waals surface area contributed by atoms with Gasteiger partial charge in [0.05, 0.1) is 12.0 Å². The summed E-state index contributed by atoms with van der Waals surface area (Å²) in [5.74, 6) is -0.0315. The Bertz CT molecular complexity index is 919. The van der Waals surface area contributed by atoms with Gasteiger partial charge in [0.2, 0.25) is 10.0 Å². The van der Waals surface area contributed by atoms with E-state index in [0.717, 1.165) is 0 Å². The van der Waals surface area contributed by atoms with Gasteiger partial charge in [-0.15, -0.1) is 0 Å². The molecule has 0 aromatic heterocycles. The van der Waals surface area contributed by atoms with Crippen LogP contribution < -0.4 is 20.3 Å². The minimum atomic E-state index is -3.88. The number of sulfonamides is 1. The van der Waals surface area contributed by atoms with E-state index < -0.39 is 27.9 Å². The number of hydrazine groups is 1. The van der Waals surface area contributed by atoms with Crippen LogP contribution in [0.25, 0.3) is 0 Å². The summed E-state index contributed by atoms with van der Waals surface area (Å²) in [5, 5.41) is 0. The van der Waals surface area contributed by atoms with Gasteiger partial charge in [0, 0.05) is 5.56 Å². The number of thioether (sulfide) groups is 1. The Labute approximate surface area is 174 Å². The second-order valence-corrected chi connectivity index (χ2v) is 8.64. The number of rotatable bonds is 9. The molecule has 0 radical (unpaired) electrons. The van der Waals surface area contributed by atoms with Crippen LogP contribution in [0.2, 0.25) is 0 Å². The molecule has 0 heterocycles. The molecule has 156 valence electrons. The number of ether oxygens (including phenoxy) is 1. The van der Waals surface area contributed by atoms with E-state index in [2.05, 4.69) is 15.6 Å². The van der Waals surface area contributed by atoms with E-state index >= 15 is 0 Å². The molecular formula is C19H23N3O5S2. The summed E-state index contributed by atoms with van der Waals surface area (Å²) in [6.07, 6.45) is 2.11. The number of hydrogen-bond donors (Lipinski definition) is 3. The lowest BCUT2D eigenvalue weighted by molar-refractivity contribution is -0.123. The van der Waals surface area contributed by atoms with Crippen molar-refractivity contribution in [2.45, 2.75) is 17.4 Å². The lowest BCUT2D eigenvalue weighted by Gasteiger charge is -2.18. The molecule has 2 aromatic rings. The van der Waals surface area contributed by atoms with Crippen molar-refractivity contribution < 1.29 is 22.7 Å². The molecule has 2 aromatic carbocycles. The second kappa shape index (κ2) is 10.8. The Hall–Kier alpha value is -2.56. The first-order valence-corrected chi connectivity index (χ1v) is 11.6. The highest BCUT2D eigenvalue weighted by atomic mass is 32.2. The first kappa shape index (κ1) is 22.7. The van der Waals surface area contributed by atoms with Crippen molar-refractivity contribution in [1.29, 1.82) is 0 Å². The zero-order chi connectivity index (χ0) is 21.3. The minimum Gasteiger partial charge on any atom is -0.497 e. The Kier molecular flexibility index (Phi) is 8.50. The molecule has 2 amide bonds. The lowest BCUT2D eigenvalue weighted by Crippen LogP contribution is -2.52. The van der Waals surface area contributed by atoms with E-state index in [0.29, 0.717) is 17.1 Å². The van der Waals surface area contributed by atoms with Crippen LogP contribution in [0.4, 0.5) is 0 Å². The summed E-state index contributed by atoms with van der Waals surface area (Å²) in [7, 11) is -2.37. The number of nitrogens with one attached hydrogen (secondary N) is 3. The normalized spacial score (nSPS) is 12.1. The number of amides is 2. The maximum atomic E-state index is 12.5. The topological polar surface area (TPSA) is 114 Å². The van der Waals surface area contributed by atoms with Gasteiger partial charge in [-0.2, -0.15) is 16.5 Å². The fraction of sp³-hybridized carbons (Fsp3) is 0.263. The fourth-order valence-corrected chi connectivity index (χ4v) is 4.08. The highest BCUT2D eigenvalue weighted by molar-refractivity contribution is 7.98. The summed E-state index contributed by atoms with van der Waals surface area (Å²) in [5.41, 5.74) is 4.90. The average Bonchev–Trinajstić information content (AvgIpc) is 2.75. The van der Waals surface area contributed by atoms with Crippen molar-refractivity contribution in [2.75, 3.05) is 19.1 Å². The molecule has 3 N–H and O–H groups in total. The number of methoxy groups -OCH3 is 1. The monoisotopic (exact) mass is 437 g/mol. The van der Waals surface area contributed by atoms with Crippen LogP contribution in [0, 0.1) is 0 Å². The average molecular weight is 438 g/mol. The van der Waals surface area contributed by atoms with Crippen LogP contribution in [0.1, 0.15) is 16.8 Å². The molecule has 0 fully saturated rings. The molecule has 0 saturated heterocycles. The molecule has 10 heteroatoms. The molecule has 0 unspecified atom stereocenters. The third kappa shape index (κ3) is 6.77. The first-order valence-electron chi connectivity index (χ1n) is 8.68. The fourth-order valence-electron chi connectivity index (χ4n) is 2.35. The molecule has 0 spiro atoms. The number of carbonyl (C=O) groups excluding carboxylic acids is 2. The van der Waals surface area contributed by atoms with Gasteiger partial charge in [0.25, 0.3) is 11.8 Å². The van der Waals surface area contributed by atoms with Gasteiger partial charge in [-0.1, -0.05) is 18.2 Å². The predicted octanol–water partition coefficient (Wildman–Crippen LogP) is 1.56. The second-order valence-electron chi connectivity index (χ2n) is 5.94. The molecule has 0 bridgehead atoms. The van der Waals surface area contributed by atoms with Gasteiger partial charge in [-0.05, 0) is 54.8 Å². The number of hydrogen-bond acceptors (Lipinski definition) is 6. The predicted molar refractivity (Wildman–Crippen MR) is 112 cm³/mol. The van der Waals surface area contributed by atoms with Crippen molar-refractivity contribution in [3.05, 3.63) is 60.2 Å².